The van der Waals surface area contributed by atoms with Gasteiger partial charge in [-0.25, -0.2) is 22.4 Å². The molecular weight excluding hydrogens is 687 g/mol. The van der Waals surface area contributed by atoms with Gasteiger partial charge >= 0.3 is 12.2 Å². The fourth-order valence-corrected chi connectivity index (χ4v) is 8.13. The maximum Gasteiger partial charge on any atom is 0.410 e. The zero-order valence-corrected chi connectivity index (χ0v) is 29.7. The first kappa shape index (κ1) is 36.5. The van der Waals surface area contributed by atoms with Crippen LogP contribution in [0.4, 0.5) is 14.0 Å². The second-order valence-electron chi connectivity index (χ2n) is 14.9. The van der Waals surface area contributed by atoms with E-state index >= 15 is 0 Å². The van der Waals surface area contributed by atoms with Crippen LogP contribution in [-0.2, 0) is 47.0 Å². The second-order valence-corrected chi connectivity index (χ2v) is 16.9. The summed E-state index contributed by atoms with van der Waals surface area (Å²) in [5.74, 6) is -3.19. The fraction of sp³-hybridized carbons (Fsp3) is 0.618. The minimum absolute atomic E-state index is 0.00266. The largest absolute Gasteiger partial charge is 0.444 e. The van der Waals surface area contributed by atoms with Gasteiger partial charge in [0, 0.05) is 31.0 Å². The van der Waals surface area contributed by atoms with E-state index in [0.717, 1.165) is 0 Å². The number of ether oxygens (including phenoxy) is 2. The van der Waals surface area contributed by atoms with E-state index in [1.165, 1.54) is 15.9 Å². The van der Waals surface area contributed by atoms with Crippen LogP contribution in [0.15, 0.2) is 30.4 Å². The molecular formula is C34H45FN6O9S. The van der Waals surface area contributed by atoms with Crippen LogP contribution in [0.25, 0.3) is 0 Å². The van der Waals surface area contributed by atoms with E-state index in [-0.39, 0.29) is 39.0 Å². The summed E-state index contributed by atoms with van der Waals surface area (Å²) < 4.78 is 53.2. The molecule has 17 heteroatoms. The molecule has 0 radical (unpaired) electrons. The van der Waals surface area contributed by atoms with E-state index < -0.39 is 86.2 Å². The molecule has 4 N–H and O–H groups in total. The van der Waals surface area contributed by atoms with Crippen LogP contribution >= 0.6 is 0 Å². The molecule has 1 aromatic rings. The number of nitrogens with one attached hydrogen (secondary N) is 4. The average molecular weight is 733 g/mol. The van der Waals surface area contributed by atoms with Gasteiger partial charge in [-0.3, -0.25) is 24.0 Å². The Balaban J connectivity index is 1.25. The van der Waals surface area contributed by atoms with Crippen molar-refractivity contribution in [1.82, 2.24) is 30.5 Å². The Morgan fingerprint density at radius 1 is 1.12 bits per heavy atom. The number of carbonyl (C=O) groups excluding carboxylic acids is 5. The molecule has 278 valence electrons. The number of sulfonamides is 1. The zero-order valence-electron chi connectivity index (χ0n) is 28.9. The zero-order chi connectivity index (χ0) is 36.7. The van der Waals surface area contributed by atoms with Crippen LogP contribution < -0.4 is 20.7 Å². The summed E-state index contributed by atoms with van der Waals surface area (Å²) in [7, 11) is -3.93. The standard InChI is InChI=1S/C34H45FN6O9S/c1-33(2,3)50-31(45)37-26-16-36-13-6-4-5-9-21-15-34(21,30(44)39-51(47,48)23-11-12-23)38-28(42)27-14-22(18-41(27)29(26)43)49-32(46)40-17-20-8-7-10-25(35)24(20)19-40/h5,7-10,21-23,26-27,36H,4,6,11-19H2,1-3H3,(H,37,45)(H,38,42)(H,39,44)/b9-5-/t21-,22-,26+,27+,34-/m1/s1. The van der Waals surface area contributed by atoms with Gasteiger partial charge < -0.3 is 30.3 Å². The molecule has 5 aliphatic rings. The summed E-state index contributed by atoms with van der Waals surface area (Å²) in [6.07, 6.45) is 3.19. The minimum Gasteiger partial charge on any atom is -0.444 e. The molecule has 6 rings (SSSR count). The summed E-state index contributed by atoms with van der Waals surface area (Å²) in [4.78, 5) is 70.6. The molecule has 2 aliphatic carbocycles. The first-order chi connectivity index (χ1) is 24.1. The highest BCUT2D eigenvalue weighted by Crippen LogP contribution is 2.46. The molecule has 0 bridgehead atoms. The highest BCUT2D eigenvalue weighted by atomic mass is 32.2. The van der Waals surface area contributed by atoms with E-state index in [2.05, 4.69) is 20.7 Å². The molecule has 0 spiro atoms. The quantitative estimate of drug-likeness (QED) is 0.323. The fourth-order valence-electron chi connectivity index (χ4n) is 6.77. The van der Waals surface area contributed by atoms with Gasteiger partial charge in [0.05, 0.1) is 18.3 Å². The van der Waals surface area contributed by atoms with Crippen molar-refractivity contribution in [2.24, 2.45) is 5.92 Å². The maximum atomic E-state index is 14.4. The molecule has 0 unspecified atom stereocenters. The molecule has 5 amide bonds. The Morgan fingerprint density at radius 2 is 1.88 bits per heavy atom. The van der Waals surface area contributed by atoms with Gasteiger partial charge in [-0.1, -0.05) is 24.3 Å². The molecule has 1 aromatic carbocycles. The van der Waals surface area contributed by atoms with Crippen LogP contribution in [0.2, 0.25) is 0 Å². The molecule has 51 heavy (non-hydrogen) atoms. The van der Waals surface area contributed by atoms with Crippen LogP contribution in [0, 0.1) is 11.7 Å². The van der Waals surface area contributed by atoms with E-state index in [1.807, 2.05) is 6.08 Å². The Bertz CT molecular complexity index is 1730. The van der Waals surface area contributed by atoms with Crippen molar-refractivity contribution in [3.8, 4) is 0 Å². The van der Waals surface area contributed by atoms with Gasteiger partial charge in [0.1, 0.15) is 35.1 Å². The third-order valence-electron chi connectivity index (χ3n) is 9.69. The van der Waals surface area contributed by atoms with E-state index in [1.54, 1.807) is 39.0 Å². The van der Waals surface area contributed by atoms with E-state index in [4.69, 9.17) is 9.47 Å². The third kappa shape index (κ3) is 8.29. The Labute approximate surface area is 296 Å². The van der Waals surface area contributed by atoms with Crippen molar-refractivity contribution < 1.29 is 46.3 Å². The van der Waals surface area contributed by atoms with Gasteiger partial charge in [-0.15, -0.1) is 0 Å². The lowest BCUT2D eigenvalue weighted by Gasteiger charge is -2.30. The third-order valence-corrected chi connectivity index (χ3v) is 11.5. The van der Waals surface area contributed by atoms with Crippen LogP contribution in [0.3, 0.4) is 0 Å². The number of fused-ring (bicyclic) bond motifs is 3. The first-order valence-corrected chi connectivity index (χ1v) is 18.9. The SMILES string of the molecule is CC(C)(C)OC(=O)N[C@H]1CNCCC/C=C\[C@@H]2C[C@@]2(C(=O)NS(=O)(=O)C2CC2)NC(=O)[C@@H]2C[C@@H](OC(=O)N3Cc4cccc(F)c4C3)CN2C1=O. The molecule has 5 atom stereocenters. The van der Waals surface area contributed by atoms with Gasteiger partial charge in [0.2, 0.25) is 21.8 Å². The lowest BCUT2D eigenvalue weighted by Crippen LogP contribution is -2.59. The normalized spacial score (nSPS) is 28.9. The van der Waals surface area contributed by atoms with Crippen molar-refractivity contribution in [2.75, 3.05) is 19.6 Å². The number of benzene rings is 1. The van der Waals surface area contributed by atoms with Crippen molar-refractivity contribution in [3.05, 3.63) is 47.3 Å². The van der Waals surface area contributed by atoms with E-state index in [0.29, 0.717) is 43.4 Å². The predicted octanol–water partition coefficient (Wildman–Crippen LogP) is 1.56. The summed E-state index contributed by atoms with van der Waals surface area (Å²) in [6, 6.07) is 2.14. The molecule has 3 heterocycles. The molecule has 15 nitrogen and oxygen atoms in total. The number of hydrogen-bond acceptors (Lipinski definition) is 10. The van der Waals surface area contributed by atoms with Gasteiger partial charge in [-0.05, 0) is 71.0 Å². The van der Waals surface area contributed by atoms with Crippen LogP contribution in [-0.4, -0.2) is 102 Å². The number of hydrogen-bond donors (Lipinski definition) is 4. The van der Waals surface area contributed by atoms with Crippen molar-refractivity contribution in [3.63, 3.8) is 0 Å². The number of allylic oxidation sites excluding steroid dienone is 1. The minimum atomic E-state index is -3.93. The maximum absolute atomic E-state index is 14.4. The predicted molar refractivity (Wildman–Crippen MR) is 180 cm³/mol. The number of rotatable bonds is 5. The van der Waals surface area contributed by atoms with Gasteiger partial charge in [0.25, 0.3) is 5.91 Å². The van der Waals surface area contributed by atoms with Gasteiger partial charge in [0.15, 0.2) is 0 Å². The Kier molecular flexibility index (Phi) is 10.1. The Morgan fingerprint density at radius 3 is 2.59 bits per heavy atom. The number of alkyl carbamates (subject to hydrolysis) is 1. The lowest BCUT2D eigenvalue weighted by atomic mass is 10.1. The Hall–Kier alpha value is -4.25. The van der Waals surface area contributed by atoms with Gasteiger partial charge in [-0.2, -0.15) is 0 Å². The summed E-state index contributed by atoms with van der Waals surface area (Å²) >= 11 is 0. The topological polar surface area (TPSA) is 193 Å². The number of amides is 5. The second kappa shape index (κ2) is 14.1. The number of halogens is 1. The monoisotopic (exact) mass is 732 g/mol. The number of nitrogens with zero attached hydrogens (tertiary/aromatic N) is 2. The van der Waals surface area contributed by atoms with Crippen LogP contribution in [0.5, 0.6) is 0 Å². The van der Waals surface area contributed by atoms with Crippen molar-refractivity contribution in [2.45, 2.75) is 107 Å². The summed E-state index contributed by atoms with van der Waals surface area (Å²) in [5, 5.41) is 7.88. The highest BCUT2D eigenvalue weighted by molar-refractivity contribution is 7.91. The first-order valence-electron chi connectivity index (χ1n) is 17.3. The lowest BCUT2D eigenvalue weighted by molar-refractivity contribution is -0.141. The highest BCUT2D eigenvalue weighted by Gasteiger charge is 2.62. The van der Waals surface area contributed by atoms with Crippen LogP contribution in [0.1, 0.15) is 70.4 Å². The molecule has 0 aromatic heterocycles. The molecule has 3 fully saturated rings. The summed E-state index contributed by atoms with van der Waals surface area (Å²) in [6.45, 7) is 5.40. The number of carbonyl (C=O) groups is 5. The van der Waals surface area contributed by atoms with Crippen molar-refractivity contribution >= 4 is 39.9 Å². The average Bonchev–Trinajstić information content (AvgIpc) is 3.93. The van der Waals surface area contributed by atoms with Crippen molar-refractivity contribution in [1.29, 1.82) is 0 Å². The molecule has 2 saturated carbocycles. The van der Waals surface area contributed by atoms with E-state index in [9.17, 15) is 36.8 Å². The smallest absolute Gasteiger partial charge is 0.410 e. The molecule has 1 saturated heterocycles. The molecule has 3 aliphatic heterocycles. The summed E-state index contributed by atoms with van der Waals surface area (Å²) in [5.41, 5.74) is -1.41.